The molecule has 1 fully saturated rings. The summed E-state index contributed by atoms with van der Waals surface area (Å²) in [6, 6.07) is 11.0. The molecule has 0 radical (unpaired) electrons. The van der Waals surface area contributed by atoms with E-state index < -0.39 is 0 Å². The number of methoxy groups -OCH3 is 1. The first kappa shape index (κ1) is 44.3. The largest absolute Gasteiger partial charge is 0.385 e. The van der Waals surface area contributed by atoms with Crippen LogP contribution in [0.15, 0.2) is 78.0 Å². The molecule has 10 heteroatoms. The van der Waals surface area contributed by atoms with E-state index in [0.717, 1.165) is 74.8 Å². The Morgan fingerprint density at radius 2 is 1.73 bits per heavy atom. The van der Waals surface area contributed by atoms with Crippen LogP contribution in [-0.2, 0) is 16.1 Å². The molecule has 0 spiro atoms. The second-order valence-electron chi connectivity index (χ2n) is 10.5. The third-order valence-electron chi connectivity index (χ3n) is 6.98. The minimum Gasteiger partial charge on any atom is -0.385 e. The van der Waals surface area contributed by atoms with Crippen LogP contribution < -0.4 is 11.1 Å². The zero-order valence-corrected chi connectivity index (χ0v) is 30.8. The van der Waals surface area contributed by atoms with Crippen LogP contribution in [0.3, 0.4) is 0 Å². The highest BCUT2D eigenvalue weighted by Crippen LogP contribution is 2.26. The van der Waals surface area contributed by atoms with Gasteiger partial charge in [0.15, 0.2) is 5.96 Å². The number of halogens is 1. The number of nitrogens with two attached hydrogens (primary N) is 1. The third kappa shape index (κ3) is 16.8. The van der Waals surface area contributed by atoms with Gasteiger partial charge < -0.3 is 20.7 Å². The van der Waals surface area contributed by atoms with Gasteiger partial charge >= 0.3 is 0 Å². The number of imidazole rings is 1. The van der Waals surface area contributed by atoms with Gasteiger partial charge in [-0.25, -0.2) is 9.37 Å². The molecule has 268 valence electrons. The van der Waals surface area contributed by atoms with Crippen LogP contribution in [0, 0.1) is 18.7 Å². The van der Waals surface area contributed by atoms with Crippen LogP contribution in [0.25, 0.3) is 23.0 Å². The Morgan fingerprint density at radius 3 is 2.27 bits per heavy atom. The van der Waals surface area contributed by atoms with Crippen LogP contribution in [0.5, 0.6) is 0 Å². The zero-order chi connectivity index (χ0) is 37.0. The van der Waals surface area contributed by atoms with Crippen molar-refractivity contribution in [2.24, 2.45) is 10.7 Å². The number of allylic oxidation sites excluding steroid dienone is 4. The summed E-state index contributed by atoms with van der Waals surface area (Å²) in [6.45, 7) is 16.9. The standard InChI is InChI=1S/C22H23FN4O.C10H19N3.C3H8O.C2H6.C2H2/c1-2-3-20-22(18-4-6-19(23)7-5-18)24-21-14-17(8-9-27(20)21)15-25-10-12-26(16-28)13-11-25;1-4-5-6-7-8-9(2)13-10(11)12-3;1-3-4-2;2*1-2/h2-9,14,16H,10-13,15H2,1H3;4-7,9H,8H2,1-3H3,(H3,11,12,13);3H2,1-2H3;1-2H3;1-2H/b3-2+;5-4-,7-6-;;;/t;9-;;;/m.0.../s1. The lowest BCUT2D eigenvalue weighted by atomic mass is 10.1. The number of guanidine groups is 1. The molecule has 49 heavy (non-hydrogen) atoms. The van der Waals surface area contributed by atoms with Gasteiger partial charge in [-0.3, -0.25) is 19.1 Å². The number of carbonyl (C=O) groups excluding carboxylic acids is 1. The molecule has 4 rings (SSSR count). The van der Waals surface area contributed by atoms with E-state index in [4.69, 9.17) is 10.7 Å². The van der Waals surface area contributed by atoms with Gasteiger partial charge in [0.1, 0.15) is 11.5 Å². The average Bonchev–Trinajstić information content (AvgIpc) is 3.50. The molecule has 3 aromatic rings. The first-order valence-electron chi connectivity index (χ1n) is 16.7. The predicted molar refractivity (Wildman–Crippen MR) is 206 cm³/mol. The molecule has 0 aliphatic carbocycles. The number of carbonyl (C=O) groups is 1. The van der Waals surface area contributed by atoms with Crippen molar-refractivity contribution in [2.45, 2.75) is 60.5 Å². The van der Waals surface area contributed by atoms with Crippen molar-refractivity contribution < 1.29 is 13.9 Å². The first-order valence-corrected chi connectivity index (χ1v) is 16.7. The van der Waals surface area contributed by atoms with E-state index in [0.29, 0.717) is 12.0 Å². The van der Waals surface area contributed by atoms with Gasteiger partial charge in [0.25, 0.3) is 0 Å². The van der Waals surface area contributed by atoms with Gasteiger partial charge in [0, 0.05) is 71.3 Å². The maximum Gasteiger partial charge on any atom is 0.209 e. The van der Waals surface area contributed by atoms with Crippen LogP contribution in [0.2, 0.25) is 0 Å². The van der Waals surface area contributed by atoms with Crippen molar-refractivity contribution in [3.8, 4) is 24.1 Å². The molecule has 1 aliphatic heterocycles. The number of pyridine rings is 1. The predicted octanol–water partition coefficient (Wildman–Crippen LogP) is 6.81. The van der Waals surface area contributed by atoms with Crippen LogP contribution in [0.4, 0.5) is 4.39 Å². The summed E-state index contributed by atoms with van der Waals surface area (Å²) in [5.74, 6) is 0.240. The molecule has 3 heterocycles. The maximum atomic E-state index is 13.3. The summed E-state index contributed by atoms with van der Waals surface area (Å²) in [4.78, 5) is 23.7. The summed E-state index contributed by atoms with van der Waals surface area (Å²) in [6.07, 6.45) is 24.0. The first-order chi connectivity index (χ1) is 23.8. The van der Waals surface area contributed by atoms with E-state index in [1.807, 2.05) is 76.1 Å². The Bertz CT molecular complexity index is 1450. The van der Waals surface area contributed by atoms with Gasteiger partial charge in [-0.15, -0.1) is 12.8 Å². The highest BCUT2D eigenvalue weighted by Gasteiger charge is 2.17. The molecule has 0 saturated carbocycles. The van der Waals surface area contributed by atoms with Crippen LogP contribution in [-0.4, -0.2) is 84.5 Å². The maximum absolute atomic E-state index is 13.3. The van der Waals surface area contributed by atoms with E-state index in [1.165, 1.54) is 17.7 Å². The van der Waals surface area contributed by atoms with Gasteiger partial charge in [0.2, 0.25) is 6.41 Å². The number of aliphatic imine (C=N–C) groups is 1. The third-order valence-corrected chi connectivity index (χ3v) is 6.98. The molecule has 0 unspecified atom stereocenters. The lowest BCUT2D eigenvalue weighted by Crippen LogP contribution is -2.45. The van der Waals surface area contributed by atoms with Gasteiger partial charge in [-0.1, -0.05) is 44.2 Å². The summed E-state index contributed by atoms with van der Waals surface area (Å²) < 4.78 is 19.9. The summed E-state index contributed by atoms with van der Waals surface area (Å²) in [5.41, 5.74) is 10.3. The fourth-order valence-electron chi connectivity index (χ4n) is 4.47. The Morgan fingerprint density at radius 1 is 1.10 bits per heavy atom. The lowest BCUT2D eigenvalue weighted by molar-refractivity contribution is -0.119. The summed E-state index contributed by atoms with van der Waals surface area (Å²) in [5, 5.41) is 3.06. The Balaban J connectivity index is 0.000000921. The van der Waals surface area contributed by atoms with Gasteiger partial charge in [-0.05, 0) is 82.2 Å². The molecule has 1 aliphatic rings. The molecule has 3 N–H and O–H groups in total. The van der Waals surface area contributed by atoms with Crippen molar-refractivity contribution in [1.82, 2.24) is 24.5 Å². The van der Waals surface area contributed by atoms with E-state index in [1.54, 1.807) is 26.3 Å². The molecule has 1 aromatic carbocycles. The number of aromatic nitrogens is 2. The molecule has 1 amide bonds. The smallest absolute Gasteiger partial charge is 0.209 e. The fourth-order valence-corrected chi connectivity index (χ4v) is 4.47. The highest BCUT2D eigenvalue weighted by molar-refractivity contribution is 5.78. The topological polar surface area (TPSA) is 100 Å². The van der Waals surface area contributed by atoms with Crippen molar-refractivity contribution >= 4 is 24.1 Å². The van der Waals surface area contributed by atoms with Crippen molar-refractivity contribution in [3.05, 3.63) is 90.0 Å². The number of amides is 1. The van der Waals surface area contributed by atoms with Crippen LogP contribution in [0.1, 0.15) is 59.2 Å². The Labute approximate surface area is 294 Å². The minimum absolute atomic E-state index is 0.253. The quantitative estimate of drug-likeness (QED) is 0.0806. The Kier molecular flexibility index (Phi) is 24.6. The lowest BCUT2D eigenvalue weighted by Gasteiger charge is -2.32. The fraction of sp³-hybridized carbons (Fsp3) is 0.410. The van der Waals surface area contributed by atoms with E-state index in [-0.39, 0.29) is 5.82 Å². The number of terminal acetylenes is 1. The molecular weight excluding hydrogens is 617 g/mol. The molecule has 1 saturated heterocycles. The second kappa shape index (κ2) is 27.3. The monoisotopic (exact) mass is 675 g/mol. The second-order valence-corrected chi connectivity index (χ2v) is 10.5. The molecule has 0 bridgehead atoms. The van der Waals surface area contributed by atoms with Gasteiger partial charge in [0.05, 0.1) is 11.4 Å². The molecular formula is C39H58FN7O2. The summed E-state index contributed by atoms with van der Waals surface area (Å²) >= 11 is 0. The number of nitrogens with zero attached hydrogens (tertiary/aromatic N) is 5. The number of fused-ring (bicyclic) bond motifs is 1. The van der Waals surface area contributed by atoms with Crippen molar-refractivity contribution in [2.75, 3.05) is 46.9 Å². The average molecular weight is 676 g/mol. The number of ether oxygens (including phenoxy) is 1. The highest BCUT2D eigenvalue weighted by atomic mass is 19.1. The van der Waals surface area contributed by atoms with E-state index in [2.05, 4.69) is 62.3 Å². The minimum atomic E-state index is -0.253. The number of rotatable bonds is 10. The van der Waals surface area contributed by atoms with Crippen LogP contribution >= 0.6 is 0 Å². The molecule has 9 nitrogen and oxygen atoms in total. The molecule has 2 aromatic heterocycles. The number of piperazine rings is 1. The normalized spacial score (nSPS) is 13.8. The zero-order valence-electron chi connectivity index (χ0n) is 30.8. The summed E-state index contributed by atoms with van der Waals surface area (Å²) in [7, 11) is 3.35. The molecule has 1 atom stereocenters. The van der Waals surface area contributed by atoms with Crippen molar-refractivity contribution in [3.63, 3.8) is 0 Å². The van der Waals surface area contributed by atoms with E-state index >= 15 is 0 Å². The van der Waals surface area contributed by atoms with Crippen molar-refractivity contribution in [1.29, 1.82) is 0 Å². The number of hydrogen-bond donors (Lipinski definition) is 2. The van der Waals surface area contributed by atoms with E-state index in [9.17, 15) is 9.18 Å². The number of nitrogens with one attached hydrogen (secondary N) is 1. The van der Waals surface area contributed by atoms with Gasteiger partial charge in [-0.2, -0.15) is 0 Å². The number of benzene rings is 1. The number of hydrogen-bond acceptors (Lipinski definition) is 5. The Hall–Kier alpha value is -4.72. The SMILES string of the molecule is C#C.C/C=C/c1c(-c2ccc(F)cc2)nc2cc(CN3CCN(C=O)CC3)ccn12.C/C=C\C=C/C[C@H](C)NC(N)=NC.CC.CCOC.